The van der Waals surface area contributed by atoms with Gasteiger partial charge in [0.15, 0.2) is 6.10 Å². The Hall–Kier alpha value is -1.94. The second-order valence-electron chi connectivity index (χ2n) is 5.69. The van der Waals surface area contributed by atoms with Crippen LogP contribution in [0.5, 0.6) is 0 Å². The minimum absolute atomic E-state index is 0.169. The number of ether oxygens (including phenoxy) is 1. The first-order valence-corrected chi connectivity index (χ1v) is 8.29. The van der Waals surface area contributed by atoms with Gasteiger partial charge >= 0.3 is 5.97 Å². The van der Waals surface area contributed by atoms with Crippen LogP contribution < -0.4 is 0 Å². The van der Waals surface area contributed by atoms with E-state index >= 15 is 0 Å². The zero-order valence-corrected chi connectivity index (χ0v) is 13.5. The van der Waals surface area contributed by atoms with Gasteiger partial charge in [0.2, 0.25) is 5.78 Å². The van der Waals surface area contributed by atoms with E-state index in [1.807, 2.05) is 25.1 Å². The summed E-state index contributed by atoms with van der Waals surface area (Å²) in [7, 11) is 0. The number of carbonyl (C=O) groups is 2. The highest BCUT2D eigenvalue weighted by Gasteiger charge is 2.23. The smallest absolute Gasteiger partial charge is 0.349 e. The van der Waals surface area contributed by atoms with E-state index in [0.29, 0.717) is 10.4 Å². The molecule has 0 radical (unpaired) electrons. The lowest BCUT2D eigenvalue weighted by Gasteiger charge is -2.11. The Morgan fingerprint density at radius 3 is 2.59 bits per heavy atom. The van der Waals surface area contributed by atoms with Crippen LogP contribution in [-0.4, -0.2) is 17.9 Å². The molecule has 1 atom stereocenters. The summed E-state index contributed by atoms with van der Waals surface area (Å²) in [5.41, 5.74) is 2.92. The second-order valence-corrected chi connectivity index (χ2v) is 6.83. The van der Waals surface area contributed by atoms with E-state index in [-0.39, 0.29) is 5.78 Å². The van der Waals surface area contributed by atoms with Gasteiger partial charge in [-0.1, -0.05) is 29.8 Å². The van der Waals surface area contributed by atoms with Crippen molar-refractivity contribution in [3.8, 4) is 0 Å². The fraction of sp³-hybridized carbons (Fsp3) is 0.333. The topological polar surface area (TPSA) is 43.4 Å². The van der Waals surface area contributed by atoms with E-state index < -0.39 is 12.1 Å². The maximum absolute atomic E-state index is 12.3. The molecule has 0 saturated carbocycles. The van der Waals surface area contributed by atoms with E-state index in [2.05, 4.69) is 0 Å². The molecule has 1 aromatic heterocycles. The summed E-state index contributed by atoms with van der Waals surface area (Å²) in [6.07, 6.45) is 2.48. The van der Waals surface area contributed by atoms with Crippen molar-refractivity contribution in [3.05, 3.63) is 56.8 Å². The molecule has 0 saturated heterocycles. The molecule has 0 aliphatic heterocycles. The number of thiophene rings is 1. The van der Waals surface area contributed by atoms with Gasteiger partial charge in [-0.05, 0) is 44.7 Å². The van der Waals surface area contributed by atoms with Gasteiger partial charge in [0.25, 0.3) is 0 Å². The Kier molecular flexibility index (Phi) is 4.12. The van der Waals surface area contributed by atoms with E-state index in [0.717, 1.165) is 18.4 Å². The number of Topliss-reactive ketones (excluding diaryl/α,β-unsaturated/α-hetero) is 1. The number of rotatable bonds is 4. The number of fused-ring (bicyclic) bond motifs is 1. The summed E-state index contributed by atoms with van der Waals surface area (Å²) >= 11 is 1.50. The predicted octanol–water partition coefficient (Wildman–Crippen LogP) is 3.97. The van der Waals surface area contributed by atoms with E-state index in [9.17, 15) is 9.59 Å². The molecule has 4 heteroatoms. The Labute approximate surface area is 133 Å². The van der Waals surface area contributed by atoms with Crippen molar-refractivity contribution in [3.63, 3.8) is 0 Å². The van der Waals surface area contributed by atoms with E-state index in [1.165, 1.54) is 28.2 Å². The number of hydrogen-bond acceptors (Lipinski definition) is 4. The molecule has 0 N–H and O–H groups in total. The van der Waals surface area contributed by atoms with Gasteiger partial charge in [-0.25, -0.2) is 4.79 Å². The second kappa shape index (κ2) is 6.05. The Balaban J connectivity index is 1.67. The number of ketones is 1. The molecule has 3 nitrogen and oxygen atoms in total. The zero-order chi connectivity index (χ0) is 15.7. The van der Waals surface area contributed by atoms with Crippen LogP contribution in [0.1, 0.15) is 49.4 Å². The van der Waals surface area contributed by atoms with Crippen LogP contribution in [0.4, 0.5) is 0 Å². The van der Waals surface area contributed by atoms with Crippen molar-refractivity contribution in [2.75, 3.05) is 0 Å². The maximum atomic E-state index is 12.3. The average Bonchev–Trinajstić information content (AvgIpc) is 3.08. The van der Waals surface area contributed by atoms with Gasteiger partial charge in [0, 0.05) is 10.4 Å². The van der Waals surface area contributed by atoms with Crippen LogP contribution in [0.2, 0.25) is 0 Å². The SMILES string of the molecule is Cc1ccc(C(=O)C(C)OC(=O)c2cc3c(s2)CCC3)cc1. The fourth-order valence-electron chi connectivity index (χ4n) is 2.65. The normalized spacial score (nSPS) is 14.5. The molecule has 0 bridgehead atoms. The van der Waals surface area contributed by atoms with Crippen molar-refractivity contribution in [1.82, 2.24) is 0 Å². The van der Waals surface area contributed by atoms with Gasteiger partial charge in [-0.3, -0.25) is 4.79 Å². The third-order valence-electron chi connectivity index (χ3n) is 3.94. The predicted molar refractivity (Wildman–Crippen MR) is 86.7 cm³/mol. The molecule has 1 aromatic carbocycles. The van der Waals surface area contributed by atoms with E-state index in [1.54, 1.807) is 19.1 Å². The van der Waals surface area contributed by atoms with Crippen molar-refractivity contribution in [2.24, 2.45) is 0 Å². The molecule has 1 aliphatic rings. The number of benzene rings is 1. The lowest BCUT2D eigenvalue weighted by molar-refractivity contribution is 0.0323. The molecule has 22 heavy (non-hydrogen) atoms. The Morgan fingerprint density at radius 2 is 1.91 bits per heavy atom. The van der Waals surface area contributed by atoms with Crippen LogP contribution in [0.15, 0.2) is 30.3 Å². The quantitative estimate of drug-likeness (QED) is 0.633. The summed E-state index contributed by atoms with van der Waals surface area (Å²) in [6, 6.07) is 9.21. The standard InChI is InChI=1S/C18H18O3S/c1-11-6-8-13(9-7-11)17(19)12(2)21-18(20)16-10-14-4-3-5-15(14)22-16/h6-10,12H,3-5H2,1-2H3. The molecule has 114 valence electrons. The van der Waals surface area contributed by atoms with Gasteiger partial charge in [0.05, 0.1) is 0 Å². The van der Waals surface area contributed by atoms with Crippen LogP contribution in [0, 0.1) is 6.92 Å². The summed E-state index contributed by atoms with van der Waals surface area (Å²) in [4.78, 5) is 26.4. The number of carbonyl (C=O) groups excluding carboxylic acids is 2. The number of aryl methyl sites for hydroxylation is 3. The molecule has 0 spiro atoms. The first-order chi connectivity index (χ1) is 10.5. The minimum Gasteiger partial charge on any atom is -0.450 e. The van der Waals surface area contributed by atoms with Crippen LogP contribution in [-0.2, 0) is 17.6 Å². The highest BCUT2D eigenvalue weighted by Crippen LogP contribution is 2.31. The van der Waals surface area contributed by atoms with Gasteiger partial charge in [-0.15, -0.1) is 11.3 Å². The molecule has 1 unspecified atom stereocenters. The van der Waals surface area contributed by atoms with Gasteiger partial charge in [-0.2, -0.15) is 0 Å². The monoisotopic (exact) mass is 314 g/mol. The molecular formula is C18H18O3S. The summed E-state index contributed by atoms with van der Waals surface area (Å²) in [5, 5.41) is 0. The van der Waals surface area contributed by atoms with Gasteiger partial charge in [0.1, 0.15) is 4.88 Å². The van der Waals surface area contributed by atoms with Gasteiger partial charge < -0.3 is 4.74 Å². The molecular weight excluding hydrogens is 296 g/mol. The summed E-state index contributed by atoms with van der Waals surface area (Å²) in [5.74, 6) is -0.565. The number of hydrogen-bond donors (Lipinski definition) is 0. The summed E-state index contributed by atoms with van der Waals surface area (Å²) in [6.45, 7) is 3.59. The largest absolute Gasteiger partial charge is 0.450 e. The number of esters is 1. The first kappa shape index (κ1) is 15.0. The molecule has 2 aromatic rings. The Morgan fingerprint density at radius 1 is 1.18 bits per heavy atom. The average molecular weight is 314 g/mol. The van der Waals surface area contributed by atoms with Crippen LogP contribution >= 0.6 is 11.3 Å². The maximum Gasteiger partial charge on any atom is 0.349 e. The summed E-state index contributed by atoms with van der Waals surface area (Å²) < 4.78 is 5.34. The fourth-order valence-corrected chi connectivity index (χ4v) is 3.79. The van der Waals surface area contributed by atoms with Crippen LogP contribution in [0.25, 0.3) is 0 Å². The van der Waals surface area contributed by atoms with Crippen molar-refractivity contribution in [1.29, 1.82) is 0 Å². The Bertz CT molecular complexity index is 691. The highest BCUT2D eigenvalue weighted by atomic mass is 32.1. The molecule has 0 fully saturated rings. The molecule has 3 rings (SSSR count). The van der Waals surface area contributed by atoms with E-state index in [4.69, 9.17) is 4.74 Å². The van der Waals surface area contributed by atoms with Crippen molar-refractivity contribution >= 4 is 23.1 Å². The third-order valence-corrected chi connectivity index (χ3v) is 5.15. The third kappa shape index (κ3) is 2.97. The lowest BCUT2D eigenvalue weighted by atomic mass is 10.1. The van der Waals surface area contributed by atoms with Crippen molar-refractivity contribution in [2.45, 2.75) is 39.2 Å². The highest BCUT2D eigenvalue weighted by molar-refractivity contribution is 7.14. The lowest BCUT2D eigenvalue weighted by Crippen LogP contribution is -2.24. The zero-order valence-electron chi connectivity index (χ0n) is 12.7. The molecule has 1 heterocycles. The first-order valence-electron chi connectivity index (χ1n) is 7.48. The molecule has 1 aliphatic carbocycles. The van der Waals surface area contributed by atoms with Crippen LogP contribution in [0.3, 0.4) is 0 Å². The van der Waals surface area contributed by atoms with Crippen molar-refractivity contribution < 1.29 is 14.3 Å². The minimum atomic E-state index is -0.771. The molecule has 0 amide bonds.